The van der Waals surface area contributed by atoms with Gasteiger partial charge in [0, 0.05) is 25.2 Å². The molecule has 0 radical (unpaired) electrons. The first-order valence-corrected chi connectivity index (χ1v) is 2.90. The molecule has 0 unspecified atom stereocenters. The Labute approximate surface area is 86.1 Å². The SMILES string of the molecule is CN1C[C@H](N)[C@@H](N)C1.Cl.Cl.Cl. The van der Waals surface area contributed by atoms with Crippen LogP contribution in [0, 0.1) is 0 Å². The summed E-state index contributed by atoms with van der Waals surface area (Å²) in [6.45, 7) is 1.89. The highest BCUT2D eigenvalue weighted by atomic mass is 35.5. The molecule has 72 valence electrons. The van der Waals surface area contributed by atoms with Crippen molar-refractivity contribution in [3.8, 4) is 0 Å². The van der Waals surface area contributed by atoms with Crippen molar-refractivity contribution in [2.24, 2.45) is 11.5 Å². The Hall–Kier alpha value is 0.750. The lowest BCUT2D eigenvalue weighted by atomic mass is 10.2. The summed E-state index contributed by atoms with van der Waals surface area (Å²) in [5, 5.41) is 0. The van der Waals surface area contributed by atoms with E-state index in [0.29, 0.717) is 0 Å². The topological polar surface area (TPSA) is 55.3 Å². The molecule has 0 saturated carbocycles. The Bertz CT molecular complexity index is 83.0. The first kappa shape index (κ1) is 17.7. The summed E-state index contributed by atoms with van der Waals surface area (Å²) in [6.07, 6.45) is 0. The van der Waals surface area contributed by atoms with Crippen LogP contribution in [0.3, 0.4) is 0 Å². The fraction of sp³-hybridized carbons (Fsp3) is 1.00. The van der Waals surface area contributed by atoms with Gasteiger partial charge in [0.1, 0.15) is 0 Å². The molecule has 0 aromatic rings. The molecular formula is C5H16Cl3N3. The Kier molecular flexibility index (Phi) is 11.9. The first-order chi connectivity index (χ1) is 3.70. The van der Waals surface area contributed by atoms with Crippen LogP contribution in [0.15, 0.2) is 0 Å². The summed E-state index contributed by atoms with van der Waals surface area (Å²) in [4.78, 5) is 2.15. The van der Waals surface area contributed by atoms with E-state index in [1.807, 2.05) is 7.05 Å². The highest BCUT2D eigenvalue weighted by Gasteiger charge is 2.23. The van der Waals surface area contributed by atoms with E-state index in [-0.39, 0.29) is 49.3 Å². The van der Waals surface area contributed by atoms with Gasteiger partial charge in [-0.15, -0.1) is 37.2 Å². The molecule has 1 rings (SSSR count). The normalized spacial score (nSPS) is 29.7. The number of hydrogen-bond acceptors (Lipinski definition) is 3. The van der Waals surface area contributed by atoms with Crippen LogP contribution in [0.25, 0.3) is 0 Å². The maximum absolute atomic E-state index is 5.60. The quantitative estimate of drug-likeness (QED) is 0.602. The van der Waals surface area contributed by atoms with E-state index in [1.165, 1.54) is 0 Å². The number of nitrogens with zero attached hydrogens (tertiary/aromatic N) is 1. The lowest BCUT2D eigenvalue weighted by Crippen LogP contribution is -2.39. The summed E-state index contributed by atoms with van der Waals surface area (Å²) >= 11 is 0. The highest BCUT2D eigenvalue weighted by molar-refractivity contribution is 5.86. The van der Waals surface area contributed by atoms with E-state index in [2.05, 4.69) is 4.90 Å². The Morgan fingerprint density at radius 3 is 1.36 bits per heavy atom. The van der Waals surface area contributed by atoms with E-state index in [4.69, 9.17) is 11.5 Å². The zero-order valence-corrected chi connectivity index (χ0v) is 8.85. The van der Waals surface area contributed by atoms with Gasteiger partial charge >= 0.3 is 0 Å². The van der Waals surface area contributed by atoms with Crippen molar-refractivity contribution in [1.29, 1.82) is 0 Å². The fourth-order valence-corrected chi connectivity index (χ4v) is 1.07. The largest absolute Gasteiger partial charge is 0.325 e. The van der Waals surface area contributed by atoms with Gasteiger partial charge in [-0.1, -0.05) is 0 Å². The number of halogens is 3. The van der Waals surface area contributed by atoms with Gasteiger partial charge in [-0.3, -0.25) is 0 Å². The number of rotatable bonds is 0. The standard InChI is InChI=1S/C5H13N3.3ClH/c1-8-2-4(6)5(7)3-8;;;/h4-5H,2-3,6-7H2,1H3;3*1H/t4-,5-;;;/m0.../s1. The van der Waals surface area contributed by atoms with E-state index < -0.39 is 0 Å². The molecule has 6 heteroatoms. The second-order valence-corrected chi connectivity index (χ2v) is 2.55. The third-order valence-corrected chi connectivity index (χ3v) is 1.59. The van der Waals surface area contributed by atoms with Gasteiger partial charge in [0.15, 0.2) is 0 Å². The minimum absolute atomic E-state index is 0. The zero-order chi connectivity index (χ0) is 6.15. The average Bonchev–Trinajstić information content (AvgIpc) is 1.85. The van der Waals surface area contributed by atoms with Crippen molar-refractivity contribution in [3.63, 3.8) is 0 Å². The van der Waals surface area contributed by atoms with Crippen molar-refractivity contribution in [2.45, 2.75) is 12.1 Å². The summed E-state index contributed by atoms with van der Waals surface area (Å²) in [5.74, 6) is 0. The monoisotopic (exact) mass is 223 g/mol. The minimum atomic E-state index is 0. The van der Waals surface area contributed by atoms with Crippen molar-refractivity contribution in [3.05, 3.63) is 0 Å². The van der Waals surface area contributed by atoms with Gasteiger partial charge in [-0.25, -0.2) is 0 Å². The van der Waals surface area contributed by atoms with Crippen molar-refractivity contribution >= 4 is 37.2 Å². The molecule has 0 amide bonds. The predicted octanol–water partition coefficient (Wildman–Crippen LogP) is -0.148. The number of nitrogens with two attached hydrogens (primary N) is 2. The van der Waals surface area contributed by atoms with Crippen molar-refractivity contribution in [2.75, 3.05) is 20.1 Å². The van der Waals surface area contributed by atoms with Crippen LogP contribution in [-0.2, 0) is 0 Å². The van der Waals surface area contributed by atoms with Crippen LogP contribution in [-0.4, -0.2) is 37.1 Å². The molecule has 0 spiro atoms. The molecule has 1 fully saturated rings. The molecule has 1 heterocycles. The number of likely N-dealkylation sites (tertiary alicyclic amines) is 1. The summed E-state index contributed by atoms with van der Waals surface area (Å²) in [5.41, 5.74) is 11.2. The first-order valence-electron chi connectivity index (χ1n) is 2.90. The van der Waals surface area contributed by atoms with E-state index in [1.54, 1.807) is 0 Å². The molecule has 1 saturated heterocycles. The van der Waals surface area contributed by atoms with Crippen molar-refractivity contribution < 1.29 is 0 Å². The Morgan fingerprint density at radius 1 is 1.00 bits per heavy atom. The van der Waals surface area contributed by atoms with Crippen LogP contribution in [0.4, 0.5) is 0 Å². The lowest BCUT2D eigenvalue weighted by Gasteiger charge is -2.04. The number of hydrogen-bond donors (Lipinski definition) is 2. The predicted molar refractivity (Wildman–Crippen MR) is 55.2 cm³/mol. The lowest BCUT2D eigenvalue weighted by molar-refractivity contribution is 0.407. The molecular weight excluding hydrogens is 208 g/mol. The van der Waals surface area contributed by atoms with Crippen LogP contribution < -0.4 is 11.5 Å². The summed E-state index contributed by atoms with van der Waals surface area (Å²) < 4.78 is 0. The minimum Gasteiger partial charge on any atom is -0.325 e. The highest BCUT2D eigenvalue weighted by Crippen LogP contribution is 2.01. The summed E-state index contributed by atoms with van der Waals surface area (Å²) in [6, 6.07) is 0.389. The maximum Gasteiger partial charge on any atom is 0.0334 e. The smallest absolute Gasteiger partial charge is 0.0334 e. The van der Waals surface area contributed by atoms with Crippen molar-refractivity contribution in [1.82, 2.24) is 4.90 Å². The van der Waals surface area contributed by atoms with Gasteiger partial charge in [-0.05, 0) is 7.05 Å². The van der Waals surface area contributed by atoms with Crippen LogP contribution in [0.1, 0.15) is 0 Å². The molecule has 4 N–H and O–H groups in total. The van der Waals surface area contributed by atoms with E-state index in [0.717, 1.165) is 13.1 Å². The third-order valence-electron chi connectivity index (χ3n) is 1.59. The second kappa shape index (κ2) is 7.40. The fourth-order valence-electron chi connectivity index (χ4n) is 1.07. The van der Waals surface area contributed by atoms with Gasteiger partial charge in [0.25, 0.3) is 0 Å². The molecule has 1 aliphatic heterocycles. The molecule has 0 aliphatic carbocycles. The van der Waals surface area contributed by atoms with Gasteiger partial charge in [0.2, 0.25) is 0 Å². The Balaban J connectivity index is -0.000000213. The summed E-state index contributed by atoms with van der Waals surface area (Å²) in [7, 11) is 2.03. The molecule has 2 atom stereocenters. The van der Waals surface area contributed by atoms with Crippen LogP contribution in [0.5, 0.6) is 0 Å². The number of likely N-dealkylation sites (N-methyl/N-ethyl adjacent to an activating group) is 1. The molecule has 11 heavy (non-hydrogen) atoms. The van der Waals surface area contributed by atoms with Gasteiger partial charge in [-0.2, -0.15) is 0 Å². The maximum atomic E-state index is 5.60. The zero-order valence-electron chi connectivity index (χ0n) is 6.40. The van der Waals surface area contributed by atoms with Crippen LogP contribution in [0.2, 0.25) is 0 Å². The molecule has 3 nitrogen and oxygen atoms in total. The van der Waals surface area contributed by atoms with E-state index >= 15 is 0 Å². The average molecular weight is 225 g/mol. The van der Waals surface area contributed by atoms with Crippen LogP contribution >= 0.6 is 37.2 Å². The molecule has 0 aromatic carbocycles. The van der Waals surface area contributed by atoms with Gasteiger partial charge in [0.05, 0.1) is 0 Å². The third kappa shape index (κ3) is 5.06. The van der Waals surface area contributed by atoms with Gasteiger partial charge < -0.3 is 16.4 Å². The van der Waals surface area contributed by atoms with E-state index in [9.17, 15) is 0 Å². The molecule has 1 aliphatic rings. The molecule has 0 aromatic heterocycles. The molecule has 0 bridgehead atoms. The second-order valence-electron chi connectivity index (χ2n) is 2.55. The Morgan fingerprint density at radius 2 is 1.27 bits per heavy atom.